The summed E-state index contributed by atoms with van der Waals surface area (Å²) >= 11 is 0. The SMILES string of the molecule is CN1CCC(NCCNc2ccc3ccccc3n2)CC1. The van der Waals surface area contributed by atoms with Crippen molar-refractivity contribution in [3.63, 3.8) is 0 Å². The Morgan fingerprint density at radius 1 is 1.10 bits per heavy atom. The molecule has 3 rings (SSSR count). The van der Waals surface area contributed by atoms with E-state index in [2.05, 4.69) is 51.8 Å². The van der Waals surface area contributed by atoms with Crippen LogP contribution in [0.5, 0.6) is 0 Å². The number of fused-ring (bicyclic) bond motifs is 1. The number of nitrogens with one attached hydrogen (secondary N) is 2. The number of hydrogen-bond donors (Lipinski definition) is 2. The largest absolute Gasteiger partial charge is 0.369 e. The van der Waals surface area contributed by atoms with E-state index in [1.54, 1.807) is 0 Å². The van der Waals surface area contributed by atoms with Gasteiger partial charge in [0.05, 0.1) is 5.52 Å². The lowest BCUT2D eigenvalue weighted by atomic mass is 10.1. The Kier molecular flexibility index (Phi) is 4.68. The molecule has 1 aromatic heterocycles. The topological polar surface area (TPSA) is 40.2 Å². The van der Waals surface area contributed by atoms with Gasteiger partial charge in [-0.3, -0.25) is 0 Å². The number of anilines is 1. The van der Waals surface area contributed by atoms with Gasteiger partial charge in [-0.05, 0) is 51.2 Å². The second-order valence-corrected chi connectivity index (χ2v) is 5.85. The minimum atomic E-state index is 0.674. The highest BCUT2D eigenvalue weighted by atomic mass is 15.1. The minimum absolute atomic E-state index is 0.674. The summed E-state index contributed by atoms with van der Waals surface area (Å²) in [4.78, 5) is 7.02. The highest BCUT2D eigenvalue weighted by Gasteiger charge is 2.15. The normalized spacial score (nSPS) is 17.2. The van der Waals surface area contributed by atoms with Crippen LogP contribution in [0.2, 0.25) is 0 Å². The molecule has 0 spiro atoms. The molecule has 1 fully saturated rings. The van der Waals surface area contributed by atoms with Crippen LogP contribution in [0.25, 0.3) is 10.9 Å². The molecule has 1 aromatic carbocycles. The summed E-state index contributed by atoms with van der Waals surface area (Å²) < 4.78 is 0. The molecule has 4 nitrogen and oxygen atoms in total. The lowest BCUT2D eigenvalue weighted by Crippen LogP contribution is -2.42. The van der Waals surface area contributed by atoms with Crippen molar-refractivity contribution in [3.05, 3.63) is 36.4 Å². The van der Waals surface area contributed by atoms with Gasteiger partial charge in [-0.25, -0.2) is 4.98 Å². The monoisotopic (exact) mass is 284 g/mol. The van der Waals surface area contributed by atoms with Gasteiger partial charge in [0, 0.05) is 24.5 Å². The third-order valence-electron chi connectivity index (χ3n) is 4.18. The molecule has 0 atom stereocenters. The Morgan fingerprint density at radius 2 is 1.90 bits per heavy atom. The predicted octanol–water partition coefficient (Wildman–Crippen LogP) is 2.33. The molecule has 21 heavy (non-hydrogen) atoms. The molecule has 1 aliphatic heterocycles. The highest BCUT2D eigenvalue weighted by Crippen LogP contribution is 2.14. The van der Waals surface area contributed by atoms with Crippen LogP contribution in [-0.2, 0) is 0 Å². The van der Waals surface area contributed by atoms with Crippen molar-refractivity contribution < 1.29 is 0 Å². The van der Waals surface area contributed by atoms with Crippen molar-refractivity contribution in [2.24, 2.45) is 0 Å². The number of benzene rings is 1. The number of para-hydroxylation sites is 1. The van der Waals surface area contributed by atoms with E-state index in [4.69, 9.17) is 0 Å². The van der Waals surface area contributed by atoms with Gasteiger partial charge in [0.1, 0.15) is 5.82 Å². The van der Waals surface area contributed by atoms with Crippen molar-refractivity contribution in [2.75, 3.05) is 38.5 Å². The molecule has 112 valence electrons. The summed E-state index contributed by atoms with van der Waals surface area (Å²) in [5, 5.41) is 8.22. The van der Waals surface area contributed by atoms with E-state index in [9.17, 15) is 0 Å². The Balaban J connectivity index is 1.44. The summed E-state index contributed by atoms with van der Waals surface area (Å²) in [6, 6.07) is 13.1. The quantitative estimate of drug-likeness (QED) is 0.827. The summed E-state index contributed by atoms with van der Waals surface area (Å²) in [6.45, 7) is 4.31. The molecule has 0 saturated carbocycles. The number of nitrogens with zero attached hydrogens (tertiary/aromatic N) is 2. The highest BCUT2D eigenvalue weighted by molar-refractivity contribution is 5.79. The summed E-state index contributed by atoms with van der Waals surface area (Å²) in [7, 11) is 2.20. The Labute approximate surface area is 126 Å². The van der Waals surface area contributed by atoms with Gasteiger partial charge in [-0.2, -0.15) is 0 Å². The van der Waals surface area contributed by atoms with Gasteiger partial charge < -0.3 is 15.5 Å². The van der Waals surface area contributed by atoms with Crippen molar-refractivity contribution in [2.45, 2.75) is 18.9 Å². The molecule has 0 amide bonds. The van der Waals surface area contributed by atoms with Crippen LogP contribution in [-0.4, -0.2) is 49.2 Å². The van der Waals surface area contributed by atoms with Crippen LogP contribution in [0.4, 0.5) is 5.82 Å². The Hall–Kier alpha value is -1.65. The number of hydrogen-bond acceptors (Lipinski definition) is 4. The van der Waals surface area contributed by atoms with Gasteiger partial charge in [0.2, 0.25) is 0 Å². The van der Waals surface area contributed by atoms with Crippen LogP contribution < -0.4 is 10.6 Å². The Morgan fingerprint density at radius 3 is 2.76 bits per heavy atom. The first-order chi connectivity index (χ1) is 10.3. The molecule has 2 heterocycles. The van der Waals surface area contributed by atoms with E-state index >= 15 is 0 Å². The van der Waals surface area contributed by atoms with Crippen molar-refractivity contribution in [1.82, 2.24) is 15.2 Å². The molecule has 1 aliphatic rings. The molecule has 0 unspecified atom stereocenters. The number of likely N-dealkylation sites (tertiary alicyclic amines) is 1. The lowest BCUT2D eigenvalue weighted by Gasteiger charge is -2.29. The molecule has 0 bridgehead atoms. The zero-order chi connectivity index (χ0) is 14.5. The zero-order valence-electron chi connectivity index (χ0n) is 12.7. The average Bonchev–Trinajstić information content (AvgIpc) is 2.53. The van der Waals surface area contributed by atoms with Gasteiger partial charge in [-0.15, -0.1) is 0 Å². The van der Waals surface area contributed by atoms with Gasteiger partial charge in [0.15, 0.2) is 0 Å². The van der Waals surface area contributed by atoms with Gasteiger partial charge in [0.25, 0.3) is 0 Å². The first-order valence-corrected chi connectivity index (χ1v) is 7.83. The average molecular weight is 284 g/mol. The molecule has 4 heteroatoms. The minimum Gasteiger partial charge on any atom is -0.369 e. The van der Waals surface area contributed by atoms with Crippen LogP contribution in [0.3, 0.4) is 0 Å². The van der Waals surface area contributed by atoms with Gasteiger partial charge in [-0.1, -0.05) is 18.2 Å². The molecular formula is C17H24N4. The molecule has 2 N–H and O–H groups in total. The van der Waals surface area contributed by atoms with E-state index < -0.39 is 0 Å². The van der Waals surface area contributed by atoms with Crippen molar-refractivity contribution in [1.29, 1.82) is 0 Å². The van der Waals surface area contributed by atoms with E-state index in [1.165, 1.54) is 31.3 Å². The summed E-state index contributed by atoms with van der Waals surface area (Å²) in [5.74, 6) is 0.957. The maximum Gasteiger partial charge on any atom is 0.126 e. The maximum atomic E-state index is 4.62. The molecular weight excluding hydrogens is 260 g/mol. The summed E-state index contributed by atoms with van der Waals surface area (Å²) in [5.41, 5.74) is 1.05. The first kappa shape index (κ1) is 14.3. The zero-order valence-corrected chi connectivity index (χ0v) is 12.7. The third-order valence-corrected chi connectivity index (χ3v) is 4.18. The fourth-order valence-corrected chi connectivity index (χ4v) is 2.84. The number of pyridine rings is 1. The Bertz CT molecular complexity index is 576. The van der Waals surface area contributed by atoms with E-state index in [0.717, 1.165) is 24.4 Å². The van der Waals surface area contributed by atoms with Crippen molar-refractivity contribution in [3.8, 4) is 0 Å². The van der Waals surface area contributed by atoms with Crippen LogP contribution in [0.15, 0.2) is 36.4 Å². The first-order valence-electron chi connectivity index (χ1n) is 7.83. The predicted molar refractivity (Wildman–Crippen MR) is 88.8 cm³/mol. The smallest absolute Gasteiger partial charge is 0.126 e. The fraction of sp³-hybridized carbons (Fsp3) is 0.471. The second-order valence-electron chi connectivity index (χ2n) is 5.85. The number of piperidine rings is 1. The molecule has 0 radical (unpaired) electrons. The van der Waals surface area contributed by atoms with Crippen LogP contribution in [0.1, 0.15) is 12.8 Å². The summed E-state index contributed by atoms with van der Waals surface area (Å²) in [6.07, 6.45) is 2.51. The third kappa shape index (κ3) is 3.93. The second kappa shape index (κ2) is 6.87. The molecule has 2 aromatic rings. The van der Waals surface area contributed by atoms with Crippen LogP contribution in [0, 0.1) is 0 Å². The van der Waals surface area contributed by atoms with Crippen LogP contribution >= 0.6 is 0 Å². The molecule has 1 saturated heterocycles. The standard InChI is InChI=1S/C17H24N4/c1-21-12-8-15(9-13-21)18-10-11-19-17-7-6-14-4-2-3-5-16(14)20-17/h2-7,15,18H,8-13H2,1H3,(H,19,20). The number of rotatable bonds is 5. The van der Waals surface area contributed by atoms with Gasteiger partial charge >= 0.3 is 0 Å². The van der Waals surface area contributed by atoms with E-state index in [1.807, 2.05) is 12.1 Å². The van der Waals surface area contributed by atoms with E-state index in [0.29, 0.717) is 6.04 Å². The van der Waals surface area contributed by atoms with E-state index in [-0.39, 0.29) is 0 Å². The maximum absolute atomic E-state index is 4.62. The fourth-order valence-electron chi connectivity index (χ4n) is 2.84. The molecule has 0 aliphatic carbocycles. The van der Waals surface area contributed by atoms with Crippen molar-refractivity contribution >= 4 is 16.7 Å². The number of aromatic nitrogens is 1. The lowest BCUT2D eigenvalue weighted by molar-refractivity contribution is 0.236.